The molecule has 88 valence electrons. The lowest BCUT2D eigenvalue weighted by Crippen LogP contribution is -2.19. The third kappa shape index (κ3) is 2.15. The quantitative estimate of drug-likeness (QED) is 0.559. The van der Waals surface area contributed by atoms with Crippen LogP contribution in [0.2, 0.25) is 0 Å². The van der Waals surface area contributed by atoms with Gasteiger partial charge in [0.2, 0.25) is 5.95 Å². The molecule has 0 aliphatic carbocycles. The monoisotopic (exact) mass is 231 g/mol. The average molecular weight is 231 g/mol. The molecule has 2 aromatic rings. The molecule has 0 aromatic carbocycles. The number of rotatable bonds is 2. The van der Waals surface area contributed by atoms with Crippen molar-refractivity contribution in [1.82, 2.24) is 19.4 Å². The van der Waals surface area contributed by atoms with Gasteiger partial charge in [-0.25, -0.2) is 9.98 Å². The van der Waals surface area contributed by atoms with Crippen molar-refractivity contribution in [3.63, 3.8) is 0 Å². The minimum Gasteiger partial charge on any atom is -0.369 e. The second-order valence-corrected chi connectivity index (χ2v) is 3.86. The smallest absolute Gasteiger partial charge is 0.264 e. The summed E-state index contributed by atoms with van der Waals surface area (Å²) < 4.78 is 1.41. The summed E-state index contributed by atoms with van der Waals surface area (Å²) in [5, 5.41) is 0.499. The van der Waals surface area contributed by atoms with Crippen LogP contribution in [-0.2, 0) is 7.05 Å². The van der Waals surface area contributed by atoms with Gasteiger partial charge in [-0.2, -0.15) is 4.98 Å². The molecule has 0 saturated heterocycles. The molecule has 2 rings (SSSR count). The summed E-state index contributed by atoms with van der Waals surface area (Å²) in [7, 11) is 5.34. The van der Waals surface area contributed by atoms with Crippen molar-refractivity contribution in [3.05, 3.63) is 28.7 Å². The first-order valence-electron chi connectivity index (χ1n) is 5.12. The minimum atomic E-state index is -0.144. The SMILES string of the molecule is CN(C)C=Nc1nc2ncccc2c(=O)n1C. The molecule has 0 bridgehead atoms. The fourth-order valence-electron chi connectivity index (χ4n) is 1.38. The lowest BCUT2D eigenvalue weighted by molar-refractivity contribution is 0.641. The second kappa shape index (κ2) is 4.32. The standard InChI is InChI=1S/C11H13N5O/c1-15(2)7-13-11-14-9-8(5-4-6-12-9)10(17)16(11)3/h4-7H,1-3H3. The van der Waals surface area contributed by atoms with Crippen molar-refractivity contribution in [2.24, 2.45) is 12.0 Å². The van der Waals surface area contributed by atoms with E-state index in [4.69, 9.17) is 0 Å². The second-order valence-electron chi connectivity index (χ2n) is 3.86. The molecule has 0 amide bonds. The lowest BCUT2D eigenvalue weighted by Gasteiger charge is -2.06. The van der Waals surface area contributed by atoms with Gasteiger partial charge in [0.15, 0.2) is 5.65 Å². The zero-order valence-corrected chi connectivity index (χ0v) is 9.95. The summed E-state index contributed by atoms with van der Waals surface area (Å²) in [6.45, 7) is 0. The Kier molecular flexibility index (Phi) is 2.86. The number of fused-ring (bicyclic) bond motifs is 1. The summed E-state index contributed by atoms with van der Waals surface area (Å²) in [6, 6.07) is 3.42. The average Bonchev–Trinajstić information content (AvgIpc) is 2.32. The fourth-order valence-corrected chi connectivity index (χ4v) is 1.38. The van der Waals surface area contributed by atoms with Gasteiger partial charge in [0.05, 0.1) is 11.7 Å². The van der Waals surface area contributed by atoms with Gasteiger partial charge >= 0.3 is 0 Å². The molecule has 0 saturated carbocycles. The van der Waals surface area contributed by atoms with Crippen LogP contribution in [0.15, 0.2) is 28.1 Å². The number of aliphatic imine (C=N–C) groups is 1. The molecule has 0 aliphatic heterocycles. The van der Waals surface area contributed by atoms with E-state index in [0.717, 1.165) is 0 Å². The van der Waals surface area contributed by atoms with E-state index in [1.165, 1.54) is 4.57 Å². The highest BCUT2D eigenvalue weighted by Gasteiger charge is 2.06. The highest BCUT2D eigenvalue weighted by molar-refractivity contribution is 5.74. The Morgan fingerprint density at radius 1 is 1.47 bits per heavy atom. The van der Waals surface area contributed by atoms with E-state index in [2.05, 4.69) is 15.0 Å². The number of hydrogen-bond acceptors (Lipinski definition) is 4. The van der Waals surface area contributed by atoms with Crippen molar-refractivity contribution in [1.29, 1.82) is 0 Å². The van der Waals surface area contributed by atoms with Crippen molar-refractivity contribution in [2.45, 2.75) is 0 Å². The van der Waals surface area contributed by atoms with Crippen molar-refractivity contribution >= 4 is 23.3 Å². The maximum absolute atomic E-state index is 12.0. The molecule has 0 radical (unpaired) electrons. The first-order valence-corrected chi connectivity index (χ1v) is 5.12. The molecule has 0 unspecified atom stereocenters. The fraction of sp³-hybridized carbons (Fsp3) is 0.273. The van der Waals surface area contributed by atoms with E-state index in [1.54, 1.807) is 36.6 Å². The van der Waals surface area contributed by atoms with Gasteiger partial charge in [-0.15, -0.1) is 0 Å². The Morgan fingerprint density at radius 3 is 2.94 bits per heavy atom. The number of hydrogen-bond donors (Lipinski definition) is 0. The Balaban J connectivity index is 2.66. The van der Waals surface area contributed by atoms with E-state index >= 15 is 0 Å². The molecule has 0 N–H and O–H groups in total. The van der Waals surface area contributed by atoms with Gasteiger partial charge in [-0.1, -0.05) is 0 Å². The van der Waals surface area contributed by atoms with Gasteiger partial charge in [0.25, 0.3) is 5.56 Å². The summed E-state index contributed by atoms with van der Waals surface area (Å²) in [5.74, 6) is 0.343. The molecule has 2 aromatic heterocycles. The molecular weight excluding hydrogens is 218 g/mol. The molecule has 2 heterocycles. The predicted octanol–water partition coefficient (Wildman–Crippen LogP) is 0.550. The molecule has 0 atom stereocenters. The van der Waals surface area contributed by atoms with Crippen LogP contribution >= 0.6 is 0 Å². The Bertz CT molecular complexity index is 629. The molecule has 0 spiro atoms. The van der Waals surface area contributed by atoms with Crippen molar-refractivity contribution in [3.8, 4) is 0 Å². The van der Waals surface area contributed by atoms with Gasteiger partial charge in [-0.05, 0) is 12.1 Å². The van der Waals surface area contributed by atoms with Crippen LogP contribution in [-0.4, -0.2) is 39.9 Å². The van der Waals surface area contributed by atoms with Crippen LogP contribution in [0.5, 0.6) is 0 Å². The normalized spacial score (nSPS) is 11.2. The molecule has 0 aliphatic rings. The summed E-state index contributed by atoms with van der Waals surface area (Å²) in [5.41, 5.74) is 0.274. The maximum atomic E-state index is 12.0. The molecule has 0 fully saturated rings. The van der Waals surface area contributed by atoms with Crippen molar-refractivity contribution < 1.29 is 0 Å². The first kappa shape index (κ1) is 11.3. The molecule has 6 heteroatoms. The summed E-state index contributed by atoms with van der Waals surface area (Å²) >= 11 is 0. The van der Waals surface area contributed by atoms with Gasteiger partial charge < -0.3 is 4.90 Å². The van der Waals surface area contributed by atoms with Crippen LogP contribution in [0.25, 0.3) is 11.0 Å². The first-order chi connectivity index (χ1) is 8.09. The molecular formula is C11H13N5O. The van der Waals surface area contributed by atoms with E-state index in [0.29, 0.717) is 17.0 Å². The molecule has 6 nitrogen and oxygen atoms in total. The third-order valence-corrected chi connectivity index (χ3v) is 2.23. The Labute approximate surface area is 98.3 Å². The highest BCUT2D eigenvalue weighted by Crippen LogP contribution is 2.09. The minimum absolute atomic E-state index is 0.144. The topological polar surface area (TPSA) is 63.4 Å². The lowest BCUT2D eigenvalue weighted by atomic mass is 10.3. The van der Waals surface area contributed by atoms with Crippen LogP contribution in [0.1, 0.15) is 0 Å². The van der Waals surface area contributed by atoms with Crippen LogP contribution in [0.4, 0.5) is 5.95 Å². The zero-order chi connectivity index (χ0) is 12.4. The van der Waals surface area contributed by atoms with Gasteiger partial charge in [-0.3, -0.25) is 9.36 Å². The number of aromatic nitrogens is 3. The number of nitrogens with zero attached hydrogens (tertiary/aromatic N) is 5. The maximum Gasteiger partial charge on any atom is 0.264 e. The van der Waals surface area contributed by atoms with E-state index < -0.39 is 0 Å². The highest BCUT2D eigenvalue weighted by atomic mass is 16.1. The largest absolute Gasteiger partial charge is 0.369 e. The summed E-state index contributed by atoms with van der Waals surface area (Å²) in [4.78, 5) is 26.2. The van der Waals surface area contributed by atoms with Crippen molar-refractivity contribution in [2.75, 3.05) is 14.1 Å². The van der Waals surface area contributed by atoms with Crippen LogP contribution in [0, 0.1) is 0 Å². The Morgan fingerprint density at radius 2 is 2.24 bits per heavy atom. The third-order valence-electron chi connectivity index (χ3n) is 2.23. The number of pyridine rings is 1. The molecule has 17 heavy (non-hydrogen) atoms. The summed E-state index contributed by atoms with van der Waals surface area (Å²) in [6.07, 6.45) is 3.20. The van der Waals surface area contributed by atoms with E-state index in [-0.39, 0.29) is 5.56 Å². The van der Waals surface area contributed by atoms with Crippen LogP contribution in [0.3, 0.4) is 0 Å². The van der Waals surface area contributed by atoms with E-state index in [9.17, 15) is 4.79 Å². The van der Waals surface area contributed by atoms with Gasteiger partial charge in [0.1, 0.15) is 0 Å². The Hall–Kier alpha value is -2.24. The predicted molar refractivity (Wildman–Crippen MR) is 66.6 cm³/mol. The zero-order valence-electron chi connectivity index (χ0n) is 9.95. The van der Waals surface area contributed by atoms with E-state index in [1.807, 2.05) is 14.1 Å². The van der Waals surface area contributed by atoms with Crippen LogP contribution < -0.4 is 5.56 Å². The van der Waals surface area contributed by atoms with Gasteiger partial charge in [0, 0.05) is 27.3 Å².